The Labute approximate surface area is 159 Å². The zero-order valence-corrected chi connectivity index (χ0v) is 15.5. The van der Waals surface area contributed by atoms with Crippen molar-refractivity contribution < 1.29 is 13.9 Å². The number of hydrogen-bond acceptors (Lipinski definition) is 3. The van der Waals surface area contributed by atoms with Crippen LogP contribution in [0.15, 0.2) is 48.5 Å². The second-order valence-electron chi connectivity index (χ2n) is 7.56. The summed E-state index contributed by atoms with van der Waals surface area (Å²) in [5.41, 5.74) is 1.68. The first kappa shape index (κ1) is 18.0. The van der Waals surface area contributed by atoms with Crippen LogP contribution in [0.1, 0.15) is 41.6 Å². The van der Waals surface area contributed by atoms with Crippen LogP contribution in [0.4, 0.5) is 4.39 Å². The number of ether oxygens (including phenoxy) is 1. The number of amides is 1. The maximum Gasteiger partial charge on any atom is 0.251 e. The number of hydrogen-bond donors (Lipinski definition) is 1. The molecule has 2 heterocycles. The van der Waals surface area contributed by atoms with E-state index in [0.717, 1.165) is 25.1 Å². The van der Waals surface area contributed by atoms with Crippen molar-refractivity contribution in [1.82, 2.24) is 10.2 Å². The Morgan fingerprint density at radius 1 is 1.15 bits per heavy atom. The number of nitrogens with one attached hydrogen (secondary N) is 1. The Hall–Kier alpha value is -2.40. The van der Waals surface area contributed by atoms with Gasteiger partial charge in [-0.2, -0.15) is 0 Å². The fourth-order valence-electron chi connectivity index (χ4n) is 4.49. The van der Waals surface area contributed by atoms with Crippen LogP contribution in [0.2, 0.25) is 0 Å². The molecule has 4 nitrogen and oxygen atoms in total. The smallest absolute Gasteiger partial charge is 0.251 e. The lowest BCUT2D eigenvalue weighted by atomic mass is 9.96. The summed E-state index contributed by atoms with van der Waals surface area (Å²) in [6, 6.07) is 15.3. The normalized spacial score (nSPS) is 24.6. The highest BCUT2D eigenvalue weighted by Gasteiger charge is 2.40. The molecule has 0 spiro atoms. The molecule has 27 heavy (non-hydrogen) atoms. The van der Waals surface area contributed by atoms with Crippen LogP contribution >= 0.6 is 0 Å². The van der Waals surface area contributed by atoms with Gasteiger partial charge in [-0.05, 0) is 61.6 Å². The number of rotatable bonds is 5. The zero-order chi connectivity index (χ0) is 18.8. The Kier molecular flexibility index (Phi) is 5.12. The molecule has 2 saturated heterocycles. The van der Waals surface area contributed by atoms with E-state index in [9.17, 15) is 9.18 Å². The van der Waals surface area contributed by atoms with Gasteiger partial charge in [-0.25, -0.2) is 4.39 Å². The zero-order valence-electron chi connectivity index (χ0n) is 15.5. The van der Waals surface area contributed by atoms with Crippen molar-refractivity contribution in [1.29, 1.82) is 0 Å². The van der Waals surface area contributed by atoms with Crippen molar-refractivity contribution in [3.05, 3.63) is 65.5 Å². The molecule has 0 radical (unpaired) electrons. The summed E-state index contributed by atoms with van der Waals surface area (Å²) >= 11 is 0. The Balaban J connectivity index is 1.37. The fourth-order valence-corrected chi connectivity index (χ4v) is 4.49. The van der Waals surface area contributed by atoms with Gasteiger partial charge in [-0.1, -0.05) is 18.2 Å². The topological polar surface area (TPSA) is 41.6 Å². The molecule has 2 fully saturated rings. The van der Waals surface area contributed by atoms with Gasteiger partial charge in [0.25, 0.3) is 5.91 Å². The third-order valence-electron chi connectivity index (χ3n) is 5.83. The molecular weight excluding hydrogens is 343 g/mol. The van der Waals surface area contributed by atoms with E-state index in [1.807, 2.05) is 12.1 Å². The maximum atomic E-state index is 13.4. The molecule has 2 bridgehead atoms. The second-order valence-corrected chi connectivity index (χ2v) is 7.56. The molecule has 0 saturated carbocycles. The summed E-state index contributed by atoms with van der Waals surface area (Å²) in [6.07, 6.45) is 4.25. The lowest BCUT2D eigenvalue weighted by Crippen LogP contribution is -2.50. The average Bonchev–Trinajstić information content (AvgIpc) is 2.90. The number of piperidine rings is 1. The van der Waals surface area contributed by atoms with E-state index in [1.165, 1.54) is 30.5 Å². The van der Waals surface area contributed by atoms with E-state index < -0.39 is 0 Å². The summed E-state index contributed by atoms with van der Waals surface area (Å²) in [7, 11) is 1.68. The van der Waals surface area contributed by atoms with Crippen LogP contribution in [0.5, 0.6) is 5.75 Å². The molecule has 5 heteroatoms. The molecule has 2 aromatic carbocycles. The molecule has 2 aliphatic heterocycles. The number of benzene rings is 2. The van der Waals surface area contributed by atoms with Gasteiger partial charge in [0.2, 0.25) is 0 Å². The first-order chi connectivity index (χ1) is 13.1. The van der Waals surface area contributed by atoms with Gasteiger partial charge in [0, 0.05) is 30.2 Å². The van der Waals surface area contributed by atoms with E-state index >= 15 is 0 Å². The molecule has 142 valence electrons. The molecular formula is C22H25FN2O2. The van der Waals surface area contributed by atoms with Gasteiger partial charge in [0.1, 0.15) is 11.6 Å². The first-order valence-electron chi connectivity index (χ1n) is 9.57. The summed E-state index contributed by atoms with van der Waals surface area (Å²) in [5.74, 6) is 0.319. The number of carbonyl (C=O) groups is 1. The molecule has 1 N–H and O–H groups in total. The summed E-state index contributed by atoms with van der Waals surface area (Å²) in [4.78, 5) is 15.0. The minimum absolute atomic E-state index is 0.158. The lowest BCUT2D eigenvalue weighted by Gasteiger charge is -2.39. The van der Waals surface area contributed by atoms with Crippen LogP contribution in [0.25, 0.3) is 0 Å². The molecule has 2 atom stereocenters. The van der Waals surface area contributed by atoms with E-state index in [0.29, 0.717) is 17.6 Å². The largest absolute Gasteiger partial charge is 0.497 e. The fraction of sp³-hybridized carbons (Fsp3) is 0.409. The number of fused-ring (bicyclic) bond motifs is 2. The summed E-state index contributed by atoms with van der Waals surface area (Å²) < 4.78 is 18.6. The maximum absolute atomic E-state index is 13.4. The van der Waals surface area contributed by atoms with Gasteiger partial charge in [0.15, 0.2) is 0 Å². The quantitative estimate of drug-likeness (QED) is 0.874. The lowest BCUT2D eigenvalue weighted by molar-refractivity contribution is 0.0827. The molecule has 0 aromatic heterocycles. The molecule has 0 unspecified atom stereocenters. The van der Waals surface area contributed by atoms with E-state index in [4.69, 9.17) is 4.74 Å². The van der Waals surface area contributed by atoms with Crippen molar-refractivity contribution in [2.75, 3.05) is 7.11 Å². The Morgan fingerprint density at radius 2 is 1.85 bits per heavy atom. The van der Waals surface area contributed by atoms with E-state index in [-0.39, 0.29) is 17.8 Å². The average molecular weight is 368 g/mol. The van der Waals surface area contributed by atoms with E-state index in [1.54, 1.807) is 19.2 Å². The third kappa shape index (κ3) is 3.98. The highest BCUT2D eigenvalue weighted by atomic mass is 19.1. The minimum Gasteiger partial charge on any atom is -0.497 e. The molecule has 2 aromatic rings. The summed E-state index contributed by atoms with van der Waals surface area (Å²) in [6.45, 7) is 0.934. The van der Waals surface area contributed by atoms with Gasteiger partial charge in [-0.3, -0.25) is 9.69 Å². The van der Waals surface area contributed by atoms with Crippen LogP contribution < -0.4 is 10.1 Å². The standard InChI is InChI=1S/C22H25FN2O2/c1-27-21-9-5-15(6-10-21)14-25-19-7-8-20(25)13-18(12-19)24-22(26)16-3-2-4-17(23)11-16/h2-6,9-11,18-20H,7-8,12-14H2,1H3,(H,24,26)/t19-,20-/m1/s1. The molecule has 2 aliphatic rings. The number of methoxy groups -OCH3 is 1. The molecule has 1 amide bonds. The molecule has 4 rings (SSSR count). The highest BCUT2D eigenvalue weighted by molar-refractivity contribution is 5.94. The number of carbonyl (C=O) groups excluding carboxylic acids is 1. The predicted octanol–water partition coefficient (Wildman–Crippen LogP) is 3.76. The third-order valence-corrected chi connectivity index (χ3v) is 5.83. The van der Waals surface area contributed by atoms with Crippen molar-refractivity contribution in [3.8, 4) is 5.75 Å². The van der Waals surface area contributed by atoms with Crippen molar-refractivity contribution in [2.45, 2.75) is 50.4 Å². The van der Waals surface area contributed by atoms with Crippen LogP contribution in [0.3, 0.4) is 0 Å². The molecule has 0 aliphatic carbocycles. The van der Waals surface area contributed by atoms with Crippen molar-refractivity contribution in [2.24, 2.45) is 0 Å². The SMILES string of the molecule is COc1ccc(CN2[C@@H]3CC[C@@H]2CC(NC(=O)c2cccc(F)c2)C3)cc1. The van der Waals surface area contributed by atoms with Crippen molar-refractivity contribution in [3.63, 3.8) is 0 Å². The van der Waals surface area contributed by atoms with Crippen LogP contribution in [0, 0.1) is 5.82 Å². The van der Waals surface area contributed by atoms with Gasteiger partial charge >= 0.3 is 0 Å². The highest BCUT2D eigenvalue weighted by Crippen LogP contribution is 2.37. The first-order valence-corrected chi connectivity index (χ1v) is 9.57. The van der Waals surface area contributed by atoms with Crippen LogP contribution in [-0.4, -0.2) is 36.0 Å². The monoisotopic (exact) mass is 368 g/mol. The van der Waals surface area contributed by atoms with E-state index in [2.05, 4.69) is 22.3 Å². The number of halogens is 1. The Bertz CT molecular complexity index is 794. The van der Waals surface area contributed by atoms with Crippen molar-refractivity contribution >= 4 is 5.91 Å². The van der Waals surface area contributed by atoms with Gasteiger partial charge < -0.3 is 10.1 Å². The second kappa shape index (κ2) is 7.69. The number of nitrogens with zero attached hydrogens (tertiary/aromatic N) is 1. The predicted molar refractivity (Wildman–Crippen MR) is 102 cm³/mol. The Morgan fingerprint density at radius 3 is 2.48 bits per heavy atom. The summed E-state index contributed by atoms with van der Waals surface area (Å²) in [5, 5.41) is 3.11. The van der Waals surface area contributed by atoms with Gasteiger partial charge in [0.05, 0.1) is 7.11 Å². The van der Waals surface area contributed by atoms with Gasteiger partial charge in [-0.15, -0.1) is 0 Å². The minimum atomic E-state index is -0.378. The van der Waals surface area contributed by atoms with Crippen LogP contribution in [-0.2, 0) is 6.54 Å².